The van der Waals surface area contributed by atoms with Gasteiger partial charge in [0.2, 0.25) is 5.83 Å². The molecule has 0 amide bonds. The highest BCUT2D eigenvalue weighted by Crippen LogP contribution is 2.40. The van der Waals surface area contributed by atoms with E-state index in [4.69, 9.17) is 17.3 Å². The van der Waals surface area contributed by atoms with Gasteiger partial charge in [-0.25, -0.2) is 13.2 Å². The van der Waals surface area contributed by atoms with Crippen LogP contribution in [0.2, 0.25) is 0 Å². The second-order valence-corrected chi connectivity index (χ2v) is 4.22. The van der Waals surface area contributed by atoms with Crippen LogP contribution in [0.5, 0.6) is 0 Å². The maximum Gasteiger partial charge on any atom is 0.284 e. The van der Waals surface area contributed by atoms with Crippen molar-refractivity contribution in [3.63, 3.8) is 0 Å². The highest BCUT2D eigenvalue weighted by atomic mass is 32.1. The molecular formula is C10H8F4N2OS. The van der Waals surface area contributed by atoms with E-state index in [1.165, 1.54) is 17.0 Å². The summed E-state index contributed by atoms with van der Waals surface area (Å²) >= 11 is 4.82. The predicted molar refractivity (Wildman–Crippen MR) is 57.6 cm³/mol. The van der Waals surface area contributed by atoms with E-state index in [1.54, 1.807) is 0 Å². The molecule has 1 aromatic heterocycles. The summed E-state index contributed by atoms with van der Waals surface area (Å²) in [5, 5.41) is 8.79. The molecule has 2 N–H and O–H groups in total. The number of hydrogen-bond acceptors (Lipinski definition) is 2. The molecule has 3 nitrogen and oxygen atoms in total. The van der Waals surface area contributed by atoms with Crippen LogP contribution in [-0.2, 0) is 6.54 Å². The van der Waals surface area contributed by atoms with Crippen molar-refractivity contribution in [3.8, 4) is 0 Å². The van der Waals surface area contributed by atoms with Crippen molar-refractivity contribution in [2.24, 2.45) is 5.92 Å². The zero-order chi connectivity index (χ0) is 13.5. The lowest BCUT2D eigenvalue weighted by atomic mass is 9.96. The third-order valence-corrected chi connectivity index (χ3v) is 2.94. The molecule has 1 heterocycles. The molecule has 18 heavy (non-hydrogen) atoms. The Morgan fingerprint density at radius 2 is 2.11 bits per heavy atom. The second-order valence-electron chi connectivity index (χ2n) is 3.83. The SMILES string of the molecule is OC1(F)C=C(F)C(Cn2cc[nH]c2=S)C(F)=C1F. The molecule has 8 heteroatoms. The molecule has 0 spiro atoms. The van der Waals surface area contributed by atoms with Crippen LogP contribution in [0.3, 0.4) is 0 Å². The lowest BCUT2D eigenvalue weighted by molar-refractivity contribution is -0.0344. The highest BCUT2D eigenvalue weighted by molar-refractivity contribution is 7.71. The minimum Gasteiger partial charge on any atom is -0.353 e. The molecular weight excluding hydrogens is 272 g/mol. The van der Waals surface area contributed by atoms with E-state index < -0.39 is 29.3 Å². The van der Waals surface area contributed by atoms with Crippen molar-refractivity contribution >= 4 is 12.2 Å². The maximum atomic E-state index is 13.5. The summed E-state index contributed by atoms with van der Waals surface area (Å²) in [5.74, 6) is -10.4. The normalized spacial score (nSPS) is 28.5. The summed E-state index contributed by atoms with van der Waals surface area (Å²) in [6, 6.07) is 0. The minimum absolute atomic E-state index is 0.00629. The van der Waals surface area contributed by atoms with Gasteiger partial charge < -0.3 is 14.7 Å². The molecule has 0 aliphatic heterocycles. The standard InChI is InChI=1S/C10H8F4N2OS/c11-6-3-10(14,17)8(13)7(12)5(6)4-16-2-1-15-9(16)18/h1-3,5,17H,4H2,(H,15,18). The first kappa shape index (κ1) is 13.0. The smallest absolute Gasteiger partial charge is 0.284 e. The molecule has 0 saturated heterocycles. The largest absolute Gasteiger partial charge is 0.353 e. The van der Waals surface area contributed by atoms with E-state index >= 15 is 0 Å². The second kappa shape index (κ2) is 4.36. The molecule has 1 aliphatic carbocycles. The minimum atomic E-state index is -3.73. The van der Waals surface area contributed by atoms with Crippen LogP contribution in [0.1, 0.15) is 0 Å². The number of aromatic nitrogens is 2. The van der Waals surface area contributed by atoms with Crippen molar-refractivity contribution in [2.75, 3.05) is 0 Å². The van der Waals surface area contributed by atoms with Gasteiger partial charge in [0.1, 0.15) is 11.7 Å². The Morgan fingerprint density at radius 1 is 1.44 bits per heavy atom. The van der Waals surface area contributed by atoms with Crippen LogP contribution in [0.15, 0.2) is 36.0 Å². The number of halogens is 4. The molecule has 0 aromatic carbocycles. The summed E-state index contributed by atoms with van der Waals surface area (Å²) in [5.41, 5.74) is 0. The average Bonchev–Trinajstić information content (AvgIpc) is 2.67. The summed E-state index contributed by atoms with van der Waals surface area (Å²) < 4.78 is 54.6. The quantitative estimate of drug-likeness (QED) is 0.646. The zero-order valence-corrected chi connectivity index (χ0v) is 9.65. The van der Waals surface area contributed by atoms with Gasteiger partial charge in [0.15, 0.2) is 4.77 Å². The van der Waals surface area contributed by atoms with Gasteiger partial charge in [-0.2, -0.15) is 4.39 Å². The molecule has 1 aromatic rings. The third kappa shape index (κ3) is 2.13. The zero-order valence-electron chi connectivity index (χ0n) is 8.83. The maximum absolute atomic E-state index is 13.5. The summed E-state index contributed by atoms with van der Waals surface area (Å²) in [6.45, 7) is -0.333. The van der Waals surface area contributed by atoms with Crippen LogP contribution in [-0.4, -0.2) is 20.5 Å². The number of nitrogens with one attached hydrogen (secondary N) is 1. The Balaban J connectivity index is 2.35. The molecule has 1 aliphatic rings. The first-order valence-electron chi connectivity index (χ1n) is 4.92. The van der Waals surface area contributed by atoms with E-state index in [2.05, 4.69) is 4.98 Å². The monoisotopic (exact) mass is 280 g/mol. The molecule has 0 bridgehead atoms. The number of aromatic amines is 1. The molecule has 2 atom stereocenters. The van der Waals surface area contributed by atoms with Gasteiger partial charge in [-0.3, -0.25) is 0 Å². The van der Waals surface area contributed by atoms with E-state index in [0.717, 1.165) is 0 Å². The Hall–Kier alpha value is -1.41. The van der Waals surface area contributed by atoms with Gasteiger partial charge in [-0.15, -0.1) is 0 Å². The van der Waals surface area contributed by atoms with Gasteiger partial charge in [-0.1, -0.05) is 0 Å². The van der Waals surface area contributed by atoms with Gasteiger partial charge >= 0.3 is 0 Å². The van der Waals surface area contributed by atoms with Crippen LogP contribution in [0.25, 0.3) is 0 Å². The van der Waals surface area contributed by atoms with Crippen molar-refractivity contribution in [1.29, 1.82) is 0 Å². The average molecular weight is 280 g/mol. The van der Waals surface area contributed by atoms with E-state index in [9.17, 15) is 17.6 Å². The van der Waals surface area contributed by atoms with Crippen LogP contribution < -0.4 is 0 Å². The summed E-state index contributed by atoms with van der Waals surface area (Å²) in [7, 11) is 0. The van der Waals surface area contributed by atoms with E-state index in [-0.39, 0.29) is 17.4 Å². The molecule has 98 valence electrons. The molecule has 0 fully saturated rings. The van der Waals surface area contributed by atoms with Crippen molar-refractivity contribution in [3.05, 3.63) is 40.7 Å². The van der Waals surface area contributed by atoms with Crippen molar-refractivity contribution in [2.45, 2.75) is 12.4 Å². The number of rotatable bonds is 2. The van der Waals surface area contributed by atoms with Gasteiger partial charge in [0, 0.05) is 25.0 Å². The van der Waals surface area contributed by atoms with Crippen LogP contribution >= 0.6 is 12.2 Å². The Bertz CT molecular complexity index is 587. The van der Waals surface area contributed by atoms with Gasteiger partial charge in [0.05, 0.1) is 5.92 Å². The number of hydrogen-bond donors (Lipinski definition) is 2. The third-order valence-electron chi connectivity index (χ3n) is 2.59. The van der Waals surface area contributed by atoms with Gasteiger partial charge in [-0.05, 0) is 12.2 Å². The molecule has 2 rings (SSSR count). The van der Waals surface area contributed by atoms with E-state index in [0.29, 0.717) is 0 Å². The topological polar surface area (TPSA) is 41.0 Å². The lowest BCUT2D eigenvalue weighted by Crippen LogP contribution is -2.29. The molecule has 0 radical (unpaired) electrons. The van der Waals surface area contributed by atoms with E-state index in [1.807, 2.05) is 0 Å². The number of aliphatic hydroxyl groups is 1. The highest BCUT2D eigenvalue weighted by Gasteiger charge is 2.42. The Labute approximate surface area is 104 Å². The summed E-state index contributed by atoms with van der Waals surface area (Å²) in [4.78, 5) is 2.60. The number of nitrogens with zero attached hydrogens (tertiary/aromatic N) is 1. The fourth-order valence-corrected chi connectivity index (χ4v) is 1.85. The van der Waals surface area contributed by atoms with Crippen LogP contribution in [0, 0.1) is 10.7 Å². The lowest BCUT2D eigenvalue weighted by Gasteiger charge is -2.24. The number of H-pyrrole nitrogens is 1. The summed E-state index contributed by atoms with van der Waals surface area (Å²) in [6.07, 6.45) is 2.86. The first-order chi connectivity index (χ1) is 8.33. The predicted octanol–water partition coefficient (Wildman–Crippen LogP) is 2.84. The van der Waals surface area contributed by atoms with Crippen molar-refractivity contribution < 1.29 is 22.7 Å². The van der Waals surface area contributed by atoms with Crippen molar-refractivity contribution in [1.82, 2.24) is 9.55 Å². The van der Waals surface area contributed by atoms with Crippen LogP contribution in [0.4, 0.5) is 17.6 Å². The Morgan fingerprint density at radius 3 is 2.67 bits per heavy atom. The number of imidazole rings is 1. The fourth-order valence-electron chi connectivity index (χ4n) is 1.65. The van der Waals surface area contributed by atoms with Gasteiger partial charge in [0.25, 0.3) is 5.85 Å². The Kier molecular flexibility index (Phi) is 3.16. The molecule has 2 unspecified atom stereocenters. The molecule has 0 saturated carbocycles. The number of allylic oxidation sites excluding steroid dienone is 2. The fraction of sp³-hybridized carbons (Fsp3) is 0.300. The first-order valence-corrected chi connectivity index (χ1v) is 5.32. The number of alkyl halides is 1.